The van der Waals surface area contributed by atoms with Crippen LogP contribution < -0.4 is 15.4 Å². The number of halogens is 4. The highest BCUT2D eigenvalue weighted by molar-refractivity contribution is 7.89. The van der Waals surface area contributed by atoms with Gasteiger partial charge in [0.25, 0.3) is 0 Å². The number of sulfonamides is 1. The molecular weight excluding hydrogens is 562 g/mol. The van der Waals surface area contributed by atoms with Gasteiger partial charge in [0.2, 0.25) is 16.0 Å². The Labute approximate surface area is 225 Å². The maximum atomic E-state index is 13.6. The molecule has 12 nitrogen and oxygen atoms in total. The van der Waals surface area contributed by atoms with E-state index in [9.17, 15) is 26.0 Å². The number of hydrogen-bond acceptors (Lipinski definition) is 9. The molecule has 0 bridgehead atoms. The molecule has 2 aromatic carbocycles. The smallest absolute Gasteiger partial charge is 0.490 e. The van der Waals surface area contributed by atoms with Gasteiger partial charge in [-0.15, -0.1) is 0 Å². The van der Waals surface area contributed by atoms with Crippen LogP contribution in [0.4, 0.5) is 40.8 Å². The van der Waals surface area contributed by atoms with Crippen molar-refractivity contribution in [1.82, 2.24) is 24.5 Å². The maximum absolute atomic E-state index is 13.6. The number of carboxylic acids is 1. The van der Waals surface area contributed by atoms with Crippen LogP contribution in [0.1, 0.15) is 6.92 Å². The van der Waals surface area contributed by atoms with Crippen molar-refractivity contribution in [3.05, 3.63) is 54.5 Å². The number of aromatic amines is 1. The van der Waals surface area contributed by atoms with Crippen molar-refractivity contribution >= 4 is 50.2 Å². The Kier molecular flexibility index (Phi) is 9.10. The SMILES string of the molecule is CCOc1ccc(Nc2nccc(Nc3n[nH]c4ccc(F)cc34)n2)cc1S(=O)(=O)N(C)C.O=C(O)C(F)(F)F. The van der Waals surface area contributed by atoms with E-state index >= 15 is 0 Å². The van der Waals surface area contributed by atoms with Crippen LogP contribution >= 0.6 is 0 Å². The van der Waals surface area contributed by atoms with Crippen LogP contribution in [0.2, 0.25) is 0 Å². The van der Waals surface area contributed by atoms with E-state index in [-0.39, 0.29) is 22.4 Å². The van der Waals surface area contributed by atoms with Gasteiger partial charge in [0.1, 0.15) is 22.3 Å². The van der Waals surface area contributed by atoms with Crippen LogP contribution in [0, 0.1) is 5.82 Å². The number of aromatic nitrogens is 4. The van der Waals surface area contributed by atoms with Crippen molar-refractivity contribution in [3.63, 3.8) is 0 Å². The Bertz CT molecular complexity index is 1610. The van der Waals surface area contributed by atoms with Gasteiger partial charge >= 0.3 is 12.1 Å². The Morgan fingerprint density at radius 2 is 1.82 bits per heavy atom. The second-order valence-electron chi connectivity index (χ2n) is 7.96. The number of aliphatic carboxylic acids is 1. The minimum absolute atomic E-state index is 0.0265. The number of carbonyl (C=O) groups is 1. The first-order valence-electron chi connectivity index (χ1n) is 11.2. The first-order chi connectivity index (χ1) is 18.7. The highest BCUT2D eigenvalue weighted by atomic mass is 32.2. The standard InChI is InChI=1S/C21H22FN7O3S.C2HF3O2/c1-4-32-17-8-6-14(12-18(17)33(30,31)29(2)3)24-21-23-10-9-19(26-21)25-20-15-11-13(22)5-7-16(15)27-28-20;3-2(4,5)1(6)7/h5-12H,4H2,1-3H3,(H3,23,24,25,26,27,28);(H,6,7). The lowest BCUT2D eigenvalue weighted by atomic mass is 10.2. The Morgan fingerprint density at radius 3 is 2.45 bits per heavy atom. The van der Waals surface area contributed by atoms with Crippen LogP contribution in [0.25, 0.3) is 10.9 Å². The number of H-pyrrole nitrogens is 1. The van der Waals surface area contributed by atoms with E-state index in [1.807, 2.05) is 0 Å². The molecule has 0 atom stereocenters. The Hall–Kier alpha value is -4.51. The van der Waals surface area contributed by atoms with E-state index in [2.05, 4.69) is 30.8 Å². The number of anilines is 4. The quantitative estimate of drug-likeness (QED) is 0.220. The number of hydrogen-bond donors (Lipinski definition) is 4. The van der Waals surface area contributed by atoms with Crippen molar-refractivity contribution in [3.8, 4) is 5.75 Å². The zero-order valence-electron chi connectivity index (χ0n) is 21.1. The number of rotatable bonds is 8. The first kappa shape index (κ1) is 30.0. The predicted molar refractivity (Wildman–Crippen MR) is 137 cm³/mol. The molecule has 0 saturated heterocycles. The summed E-state index contributed by atoms with van der Waals surface area (Å²) < 4.78 is 77.4. The fraction of sp³-hybridized carbons (Fsp3) is 0.217. The average Bonchev–Trinajstić information content (AvgIpc) is 3.26. The van der Waals surface area contributed by atoms with Crippen LogP contribution in [0.15, 0.2) is 53.6 Å². The molecule has 2 aromatic heterocycles. The van der Waals surface area contributed by atoms with Gasteiger partial charge in [-0.25, -0.2) is 26.9 Å². The summed E-state index contributed by atoms with van der Waals surface area (Å²) in [5.41, 5.74) is 1.14. The molecule has 0 aliphatic carbocycles. The van der Waals surface area contributed by atoms with Crippen LogP contribution in [0.3, 0.4) is 0 Å². The minimum atomic E-state index is -5.08. The molecular formula is C23H23F4N7O5S. The summed E-state index contributed by atoms with van der Waals surface area (Å²) in [5.74, 6) is -1.83. The normalized spacial score (nSPS) is 11.6. The van der Waals surface area contributed by atoms with Gasteiger partial charge in [-0.2, -0.15) is 23.3 Å². The average molecular weight is 586 g/mol. The van der Waals surface area contributed by atoms with Gasteiger partial charge in [-0.1, -0.05) is 0 Å². The molecule has 214 valence electrons. The third-order valence-corrected chi connectivity index (χ3v) is 6.76. The molecule has 0 aliphatic heterocycles. The number of alkyl halides is 3. The molecule has 4 rings (SSSR count). The molecule has 0 amide bonds. The summed E-state index contributed by atoms with van der Waals surface area (Å²) in [6.07, 6.45) is -3.56. The second kappa shape index (κ2) is 12.1. The highest BCUT2D eigenvalue weighted by Gasteiger charge is 2.38. The number of nitrogens with one attached hydrogen (secondary N) is 3. The first-order valence-corrected chi connectivity index (χ1v) is 12.7. The number of fused-ring (bicyclic) bond motifs is 1. The minimum Gasteiger partial charge on any atom is -0.492 e. The van der Waals surface area contributed by atoms with Gasteiger partial charge < -0.3 is 20.5 Å². The number of carboxylic acid groups (broad SMARTS) is 1. The van der Waals surface area contributed by atoms with Crippen molar-refractivity contribution in [2.24, 2.45) is 0 Å². The third kappa shape index (κ3) is 7.32. The maximum Gasteiger partial charge on any atom is 0.490 e. The summed E-state index contributed by atoms with van der Waals surface area (Å²) in [6.45, 7) is 2.10. The van der Waals surface area contributed by atoms with Gasteiger partial charge in [0, 0.05) is 31.4 Å². The lowest BCUT2D eigenvalue weighted by Crippen LogP contribution is -2.23. The topological polar surface area (TPSA) is 162 Å². The summed E-state index contributed by atoms with van der Waals surface area (Å²) >= 11 is 0. The van der Waals surface area contributed by atoms with Crippen molar-refractivity contribution in [1.29, 1.82) is 0 Å². The molecule has 0 radical (unpaired) electrons. The van der Waals surface area contributed by atoms with E-state index in [1.54, 1.807) is 31.2 Å². The molecule has 0 aliphatic rings. The van der Waals surface area contributed by atoms with E-state index in [0.29, 0.717) is 34.8 Å². The van der Waals surface area contributed by atoms with Gasteiger partial charge in [-0.05, 0) is 49.4 Å². The Balaban J connectivity index is 0.000000559. The van der Waals surface area contributed by atoms with Gasteiger partial charge in [0.05, 0.1) is 12.1 Å². The third-order valence-electron chi connectivity index (χ3n) is 4.93. The van der Waals surface area contributed by atoms with Crippen molar-refractivity contribution < 1.29 is 40.6 Å². The van der Waals surface area contributed by atoms with Crippen LogP contribution in [-0.2, 0) is 14.8 Å². The molecule has 0 saturated carbocycles. The molecule has 2 heterocycles. The summed E-state index contributed by atoms with van der Waals surface area (Å²) in [5, 5.41) is 20.7. The van der Waals surface area contributed by atoms with Gasteiger partial charge in [-0.3, -0.25) is 5.10 Å². The summed E-state index contributed by atoms with van der Waals surface area (Å²) in [7, 11) is -0.834. The molecule has 0 unspecified atom stereocenters. The van der Waals surface area contributed by atoms with E-state index < -0.39 is 22.2 Å². The number of ether oxygens (including phenoxy) is 1. The second-order valence-corrected chi connectivity index (χ2v) is 10.1. The summed E-state index contributed by atoms with van der Waals surface area (Å²) in [6, 6.07) is 10.7. The van der Waals surface area contributed by atoms with E-state index in [0.717, 1.165) is 4.31 Å². The predicted octanol–water partition coefficient (Wildman–Crippen LogP) is 4.26. The number of nitrogens with zero attached hydrogens (tertiary/aromatic N) is 4. The summed E-state index contributed by atoms with van der Waals surface area (Å²) in [4.78, 5) is 17.5. The van der Waals surface area contributed by atoms with Crippen molar-refractivity contribution in [2.45, 2.75) is 18.0 Å². The van der Waals surface area contributed by atoms with E-state index in [4.69, 9.17) is 14.6 Å². The zero-order chi connectivity index (χ0) is 29.7. The molecule has 4 N–H and O–H groups in total. The fourth-order valence-electron chi connectivity index (χ4n) is 3.08. The largest absolute Gasteiger partial charge is 0.492 e. The van der Waals surface area contributed by atoms with Crippen molar-refractivity contribution in [2.75, 3.05) is 31.3 Å². The fourth-order valence-corrected chi connectivity index (χ4v) is 4.13. The Morgan fingerprint density at radius 1 is 1.12 bits per heavy atom. The van der Waals surface area contributed by atoms with E-state index in [1.165, 1.54) is 38.5 Å². The molecule has 4 aromatic rings. The van der Waals surface area contributed by atoms with Gasteiger partial charge in [0.15, 0.2) is 5.82 Å². The molecule has 0 spiro atoms. The zero-order valence-corrected chi connectivity index (χ0v) is 21.9. The monoisotopic (exact) mass is 585 g/mol. The number of benzene rings is 2. The van der Waals surface area contributed by atoms with Crippen LogP contribution in [-0.4, -0.2) is 70.8 Å². The lowest BCUT2D eigenvalue weighted by Gasteiger charge is -2.16. The van der Waals surface area contributed by atoms with Crippen LogP contribution in [0.5, 0.6) is 5.75 Å². The highest BCUT2D eigenvalue weighted by Crippen LogP contribution is 2.30. The molecule has 40 heavy (non-hydrogen) atoms. The lowest BCUT2D eigenvalue weighted by molar-refractivity contribution is -0.192. The molecule has 17 heteroatoms. The molecule has 0 fully saturated rings.